The quantitative estimate of drug-likeness (QED) is 0.899. The molecule has 2 amide bonds. The van der Waals surface area contributed by atoms with Crippen LogP contribution in [0.15, 0.2) is 42.7 Å². The summed E-state index contributed by atoms with van der Waals surface area (Å²) in [4.78, 5) is 20.5. The van der Waals surface area contributed by atoms with Crippen molar-refractivity contribution in [2.24, 2.45) is 0 Å². The third-order valence-electron chi connectivity index (χ3n) is 5.36. The molecule has 1 aromatic carbocycles. The number of urea groups is 1. The third kappa shape index (κ3) is 3.41. The molecule has 4 rings (SSSR count). The number of hydrogen-bond donors (Lipinski definition) is 1. The number of aromatic nitrogens is 1. The summed E-state index contributed by atoms with van der Waals surface area (Å²) in [5.74, 6) is 0.455. The molecule has 0 radical (unpaired) electrons. The van der Waals surface area contributed by atoms with Crippen LogP contribution in [0, 0.1) is 5.82 Å². The van der Waals surface area contributed by atoms with Gasteiger partial charge in [-0.15, -0.1) is 0 Å². The second-order valence-corrected chi connectivity index (χ2v) is 7.03. The van der Waals surface area contributed by atoms with Gasteiger partial charge in [-0.2, -0.15) is 0 Å². The van der Waals surface area contributed by atoms with Crippen LogP contribution >= 0.6 is 0 Å². The topological polar surface area (TPSA) is 57.7 Å². The van der Waals surface area contributed by atoms with Crippen molar-refractivity contribution >= 4 is 11.7 Å². The summed E-state index contributed by atoms with van der Waals surface area (Å²) in [5, 5.41) is 3.07. The van der Waals surface area contributed by atoms with Crippen molar-refractivity contribution in [2.75, 3.05) is 25.1 Å². The Balaban J connectivity index is 1.39. The fourth-order valence-electron chi connectivity index (χ4n) is 3.80. The number of carbonyl (C=O) groups is 1. The van der Waals surface area contributed by atoms with Gasteiger partial charge in [-0.1, -0.05) is 12.1 Å². The van der Waals surface area contributed by atoms with E-state index < -0.39 is 0 Å². The zero-order valence-corrected chi connectivity index (χ0v) is 15.4. The van der Waals surface area contributed by atoms with Gasteiger partial charge in [0.25, 0.3) is 0 Å². The number of piperazine rings is 1. The number of rotatable bonds is 4. The third-order valence-corrected chi connectivity index (χ3v) is 5.36. The van der Waals surface area contributed by atoms with Crippen LogP contribution in [0.4, 0.5) is 14.9 Å². The highest BCUT2D eigenvalue weighted by Gasteiger charge is 2.51. The number of halogens is 1. The number of carbonyl (C=O) groups excluding carboxylic acids is 1. The maximum absolute atomic E-state index is 14.0. The normalized spacial score (nSPS) is 22.0. The van der Waals surface area contributed by atoms with E-state index in [1.54, 1.807) is 19.4 Å². The maximum atomic E-state index is 14.0. The minimum Gasteiger partial charge on any atom is -0.497 e. The molecule has 142 valence electrons. The molecule has 1 aliphatic carbocycles. The highest BCUT2D eigenvalue weighted by Crippen LogP contribution is 2.40. The Morgan fingerprint density at radius 1 is 1.33 bits per heavy atom. The van der Waals surface area contributed by atoms with Crippen molar-refractivity contribution in [3.05, 3.63) is 54.1 Å². The second-order valence-electron chi connectivity index (χ2n) is 7.03. The second kappa shape index (κ2) is 7.06. The number of nitrogens with zero attached hydrogens (tertiary/aromatic N) is 3. The molecule has 0 spiro atoms. The summed E-state index contributed by atoms with van der Waals surface area (Å²) in [7, 11) is 1.63. The van der Waals surface area contributed by atoms with Crippen LogP contribution in [0.2, 0.25) is 0 Å². The van der Waals surface area contributed by atoms with Crippen LogP contribution < -0.4 is 15.0 Å². The van der Waals surface area contributed by atoms with E-state index in [-0.39, 0.29) is 30.0 Å². The van der Waals surface area contributed by atoms with Gasteiger partial charge in [0, 0.05) is 19.3 Å². The predicted molar refractivity (Wildman–Crippen MR) is 100 cm³/mol. The zero-order valence-electron chi connectivity index (χ0n) is 15.4. The van der Waals surface area contributed by atoms with Gasteiger partial charge >= 0.3 is 6.03 Å². The van der Waals surface area contributed by atoms with Crippen molar-refractivity contribution in [3.8, 4) is 5.75 Å². The number of amides is 2. The first kappa shape index (κ1) is 17.6. The van der Waals surface area contributed by atoms with Gasteiger partial charge in [-0.25, -0.2) is 9.18 Å². The fraction of sp³-hybridized carbons (Fsp3) is 0.400. The summed E-state index contributed by atoms with van der Waals surface area (Å²) in [6, 6.07) is 9.49. The summed E-state index contributed by atoms with van der Waals surface area (Å²) in [6.07, 6.45) is 3.70. The van der Waals surface area contributed by atoms with Crippen molar-refractivity contribution in [3.63, 3.8) is 0 Å². The van der Waals surface area contributed by atoms with Gasteiger partial charge in [0.15, 0.2) is 5.82 Å². The average Bonchev–Trinajstić information content (AvgIpc) is 3.48. The summed E-state index contributed by atoms with van der Waals surface area (Å²) in [5.41, 5.74) is 1.56. The van der Waals surface area contributed by atoms with E-state index >= 15 is 0 Å². The highest BCUT2D eigenvalue weighted by molar-refractivity contribution is 5.76. The van der Waals surface area contributed by atoms with E-state index in [0.717, 1.165) is 17.7 Å². The molecule has 2 aromatic rings. The van der Waals surface area contributed by atoms with Gasteiger partial charge in [0.05, 0.1) is 37.1 Å². The number of benzene rings is 1. The summed E-state index contributed by atoms with van der Waals surface area (Å²) in [6.45, 7) is 3.14. The SMILES string of the molecule is COc1cccc([C@@H](C)NC(=O)N2CCN(c3ccncc3F)[C@@H]3C[C@@H]32)c1. The largest absolute Gasteiger partial charge is 0.497 e. The number of anilines is 1. The van der Waals surface area contributed by atoms with E-state index in [1.807, 2.05) is 36.1 Å². The number of ether oxygens (including phenoxy) is 1. The first-order valence-corrected chi connectivity index (χ1v) is 9.15. The zero-order chi connectivity index (χ0) is 19.0. The van der Waals surface area contributed by atoms with Crippen LogP contribution in [0.5, 0.6) is 5.75 Å². The lowest BCUT2D eigenvalue weighted by Gasteiger charge is -2.36. The molecule has 2 aliphatic rings. The molecule has 1 N–H and O–H groups in total. The molecular weight excluding hydrogens is 347 g/mol. The van der Waals surface area contributed by atoms with Gasteiger partial charge < -0.3 is 19.9 Å². The molecular formula is C20H23FN4O2. The molecule has 0 unspecified atom stereocenters. The first-order chi connectivity index (χ1) is 13.1. The van der Waals surface area contributed by atoms with Gasteiger partial charge in [0.1, 0.15) is 5.75 Å². The van der Waals surface area contributed by atoms with E-state index in [1.165, 1.54) is 6.20 Å². The van der Waals surface area contributed by atoms with Gasteiger partial charge in [-0.3, -0.25) is 4.98 Å². The molecule has 27 heavy (non-hydrogen) atoms. The van der Waals surface area contributed by atoms with Crippen LogP contribution in [-0.2, 0) is 0 Å². The minimum absolute atomic E-state index is 0.0762. The lowest BCUT2D eigenvalue weighted by Crippen LogP contribution is -2.52. The standard InChI is InChI=1S/C20H23FN4O2/c1-13(14-4-3-5-15(10-14)27-2)23-20(26)25-9-8-24(18-11-19(18)25)17-6-7-22-12-16(17)21/h3-7,10,12-13,18-19H,8-9,11H2,1-2H3,(H,23,26)/t13-,18-,19+/m1/s1. The molecule has 1 saturated carbocycles. The Hall–Kier alpha value is -2.83. The number of nitrogens with one attached hydrogen (secondary N) is 1. The van der Waals surface area contributed by atoms with Crippen LogP contribution in [0.3, 0.4) is 0 Å². The molecule has 1 aliphatic heterocycles. The first-order valence-electron chi connectivity index (χ1n) is 9.15. The molecule has 2 fully saturated rings. The lowest BCUT2D eigenvalue weighted by molar-refractivity contribution is 0.186. The van der Waals surface area contributed by atoms with E-state index in [2.05, 4.69) is 15.2 Å². The number of pyridine rings is 1. The Labute approximate surface area is 157 Å². The van der Waals surface area contributed by atoms with Crippen molar-refractivity contribution in [1.29, 1.82) is 0 Å². The number of hydrogen-bond acceptors (Lipinski definition) is 4. The van der Waals surface area contributed by atoms with Gasteiger partial charge in [0.2, 0.25) is 0 Å². The summed E-state index contributed by atoms with van der Waals surface area (Å²) >= 11 is 0. The fourth-order valence-corrected chi connectivity index (χ4v) is 3.80. The predicted octanol–water partition coefficient (Wildman–Crippen LogP) is 2.96. The number of fused-ring (bicyclic) bond motifs is 1. The van der Waals surface area contributed by atoms with Crippen molar-refractivity contribution in [1.82, 2.24) is 15.2 Å². The van der Waals surface area contributed by atoms with Crippen LogP contribution in [0.1, 0.15) is 24.9 Å². The van der Waals surface area contributed by atoms with E-state index in [9.17, 15) is 9.18 Å². The molecule has 3 atom stereocenters. The Kier molecular flexibility index (Phi) is 4.59. The van der Waals surface area contributed by atoms with E-state index in [4.69, 9.17) is 4.74 Å². The molecule has 1 aromatic heterocycles. The summed E-state index contributed by atoms with van der Waals surface area (Å²) < 4.78 is 19.3. The Morgan fingerprint density at radius 2 is 2.19 bits per heavy atom. The van der Waals surface area contributed by atoms with E-state index in [0.29, 0.717) is 18.8 Å². The molecule has 6 nitrogen and oxygen atoms in total. The average molecular weight is 370 g/mol. The van der Waals surface area contributed by atoms with Gasteiger partial charge in [-0.05, 0) is 37.1 Å². The minimum atomic E-state index is -0.312. The molecule has 0 bridgehead atoms. The van der Waals surface area contributed by atoms with Crippen LogP contribution in [-0.4, -0.2) is 48.2 Å². The Morgan fingerprint density at radius 3 is 2.96 bits per heavy atom. The van der Waals surface area contributed by atoms with Crippen molar-refractivity contribution in [2.45, 2.75) is 31.5 Å². The maximum Gasteiger partial charge on any atom is 0.318 e. The lowest BCUT2D eigenvalue weighted by atomic mass is 10.1. The number of methoxy groups -OCH3 is 1. The molecule has 7 heteroatoms. The monoisotopic (exact) mass is 370 g/mol. The highest BCUT2D eigenvalue weighted by atomic mass is 19.1. The molecule has 2 heterocycles. The Bertz CT molecular complexity index is 846. The smallest absolute Gasteiger partial charge is 0.318 e. The molecule has 1 saturated heterocycles. The van der Waals surface area contributed by atoms with Crippen molar-refractivity contribution < 1.29 is 13.9 Å². The van der Waals surface area contributed by atoms with Crippen LogP contribution in [0.25, 0.3) is 0 Å².